The Morgan fingerprint density at radius 1 is 0.946 bits per heavy atom. The molecular formula is C28H33FN2O5S. The second kappa shape index (κ2) is 12.3. The maximum Gasteiger partial charge on any atom is 0.407 e. The van der Waals surface area contributed by atoms with E-state index >= 15 is 0 Å². The van der Waals surface area contributed by atoms with Crippen molar-refractivity contribution in [3.8, 4) is 0 Å². The molecule has 0 aliphatic heterocycles. The molecule has 0 spiro atoms. The van der Waals surface area contributed by atoms with Gasteiger partial charge in [-0.3, -0.25) is 0 Å². The van der Waals surface area contributed by atoms with E-state index in [1.807, 2.05) is 36.4 Å². The van der Waals surface area contributed by atoms with Crippen molar-refractivity contribution in [1.29, 1.82) is 0 Å². The molecule has 0 fully saturated rings. The van der Waals surface area contributed by atoms with Crippen LogP contribution in [0, 0.1) is 5.82 Å². The number of carbonyl (C=O) groups excluding carboxylic acids is 1. The summed E-state index contributed by atoms with van der Waals surface area (Å²) in [4.78, 5) is 12.5. The van der Waals surface area contributed by atoms with Crippen molar-refractivity contribution >= 4 is 16.1 Å². The highest BCUT2D eigenvalue weighted by Crippen LogP contribution is 2.21. The highest BCUT2D eigenvalue weighted by molar-refractivity contribution is 7.89. The van der Waals surface area contributed by atoms with Crippen LogP contribution in [0.5, 0.6) is 0 Å². The minimum absolute atomic E-state index is 0.0257. The van der Waals surface area contributed by atoms with Gasteiger partial charge in [-0.15, -0.1) is 0 Å². The number of sulfonamides is 1. The van der Waals surface area contributed by atoms with Crippen molar-refractivity contribution in [2.24, 2.45) is 0 Å². The largest absolute Gasteiger partial charge is 0.444 e. The Bertz CT molecular complexity index is 1250. The van der Waals surface area contributed by atoms with Crippen molar-refractivity contribution in [3.63, 3.8) is 0 Å². The van der Waals surface area contributed by atoms with Gasteiger partial charge in [0.05, 0.1) is 17.0 Å². The average Bonchev–Trinajstić information content (AvgIpc) is 2.83. The van der Waals surface area contributed by atoms with Crippen LogP contribution in [0.4, 0.5) is 9.18 Å². The number of nitrogens with zero attached hydrogens (tertiary/aromatic N) is 1. The van der Waals surface area contributed by atoms with Gasteiger partial charge in [-0.2, -0.15) is 4.31 Å². The van der Waals surface area contributed by atoms with E-state index in [9.17, 15) is 22.7 Å². The first-order valence-electron chi connectivity index (χ1n) is 12.0. The molecule has 198 valence electrons. The third-order valence-electron chi connectivity index (χ3n) is 5.51. The summed E-state index contributed by atoms with van der Waals surface area (Å²) in [7, 11) is -4.11. The molecule has 3 aromatic rings. The van der Waals surface area contributed by atoms with Gasteiger partial charge in [0, 0.05) is 13.1 Å². The van der Waals surface area contributed by atoms with E-state index in [1.54, 1.807) is 45.0 Å². The maximum atomic E-state index is 13.6. The lowest BCUT2D eigenvalue weighted by atomic mass is 10.0. The lowest BCUT2D eigenvalue weighted by Crippen LogP contribution is -2.51. The Morgan fingerprint density at radius 3 is 2.03 bits per heavy atom. The van der Waals surface area contributed by atoms with Gasteiger partial charge in [-0.25, -0.2) is 17.6 Å². The van der Waals surface area contributed by atoms with Crippen molar-refractivity contribution in [3.05, 3.63) is 102 Å². The van der Waals surface area contributed by atoms with Gasteiger partial charge < -0.3 is 15.2 Å². The number of aliphatic hydroxyl groups is 1. The lowest BCUT2D eigenvalue weighted by molar-refractivity contribution is 0.0401. The van der Waals surface area contributed by atoms with Gasteiger partial charge in [-0.05, 0) is 62.6 Å². The van der Waals surface area contributed by atoms with Crippen LogP contribution in [0.15, 0.2) is 89.8 Å². The third kappa shape index (κ3) is 8.66. The summed E-state index contributed by atoms with van der Waals surface area (Å²) in [6.07, 6.45) is -1.76. The van der Waals surface area contributed by atoms with Gasteiger partial charge in [0.15, 0.2) is 0 Å². The molecule has 1 amide bonds. The molecule has 0 saturated carbocycles. The lowest BCUT2D eigenvalue weighted by Gasteiger charge is -2.30. The fraction of sp³-hybridized carbons (Fsp3) is 0.321. The fourth-order valence-corrected chi connectivity index (χ4v) is 5.18. The molecule has 0 aliphatic carbocycles. The van der Waals surface area contributed by atoms with E-state index in [1.165, 1.54) is 12.1 Å². The van der Waals surface area contributed by atoms with Gasteiger partial charge >= 0.3 is 6.09 Å². The van der Waals surface area contributed by atoms with E-state index in [0.29, 0.717) is 5.56 Å². The zero-order chi connectivity index (χ0) is 27.1. The summed E-state index contributed by atoms with van der Waals surface area (Å²) < 4.78 is 47.1. The van der Waals surface area contributed by atoms with E-state index in [4.69, 9.17) is 4.74 Å². The number of halogens is 1. The normalized spacial score (nSPS) is 13.7. The molecule has 3 rings (SSSR count). The van der Waals surface area contributed by atoms with Crippen LogP contribution in [-0.4, -0.2) is 48.2 Å². The minimum Gasteiger partial charge on any atom is -0.444 e. The highest BCUT2D eigenvalue weighted by atomic mass is 32.2. The van der Waals surface area contributed by atoms with E-state index in [-0.39, 0.29) is 24.4 Å². The zero-order valence-corrected chi connectivity index (χ0v) is 22.0. The Kier molecular flexibility index (Phi) is 9.42. The van der Waals surface area contributed by atoms with Crippen LogP contribution in [0.1, 0.15) is 31.9 Å². The van der Waals surface area contributed by atoms with Crippen LogP contribution in [0.2, 0.25) is 0 Å². The molecule has 3 aromatic carbocycles. The number of hydrogen-bond donors (Lipinski definition) is 2. The van der Waals surface area contributed by atoms with E-state index < -0.39 is 39.7 Å². The van der Waals surface area contributed by atoms with Crippen LogP contribution in [0.25, 0.3) is 0 Å². The van der Waals surface area contributed by atoms with Gasteiger partial charge in [0.2, 0.25) is 10.0 Å². The number of hydrogen-bond acceptors (Lipinski definition) is 5. The molecule has 7 nitrogen and oxygen atoms in total. The number of amides is 1. The van der Waals surface area contributed by atoms with E-state index in [0.717, 1.165) is 22.0 Å². The molecule has 0 saturated heterocycles. The number of benzene rings is 3. The molecule has 37 heavy (non-hydrogen) atoms. The van der Waals surface area contributed by atoms with Crippen LogP contribution in [0.3, 0.4) is 0 Å². The van der Waals surface area contributed by atoms with Crippen molar-refractivity contribution in [2.75, 3.05) is 6.54 Å². The summed E-state index contributed by atoms with van der Waals surface area (Å²) in [5, 5.41) is 14.0. The highest BCUT2D eigenvalue weighted by Gasteiger charge is 2.32. The number of nitrogens with one attached hydrogen (secondary N) is 1. The maximum absolute atomic E-state index is 13.6. The predicted molar refractivity (Wildman–Crippen MR) is 140 cm³/mol. The minimum atomic E-state index is -4.11. The number of rotatable bonds is 10. The number of alkyl carbamates (subject to hydrolysis) is 1. The first kappa shape index (κ1) is 28.3. The zero-order valence-electron chi connectivity index (χ0n) is 21.2. The molecule has 9 heteroatoms. The summed E-state index contributed by atoms with van der Waals surface area (Å²) in [5.41, 5.74) is 0.802. The summed E-state index contributed by atoms with van der Waals surface area (Å²) >= 11 is 0. The number of ether oxygens (including phenoxy) is 1. The molecule has 0 radical (unpaired) electrons. The summed E-state index contributed by atoms with van der Waals surface area (Å²) in [6.45, 7) is 4.84. The van der Waals surface area contributed by atoms with Crippen molar-refractivity contribution in [2.45, 2.75) is 56.4 Å². The first-order chi connectivity index (χ1) is 17.4. The molecule has 0 aliphatic rings. The number of aliphatic hydroxyl groups excluding tert-OH is 1. The molecule has 0 heterocycles. The van der Waals surface area contributed by atoms with Crippen LogP contribution in [-0.2, 0) is 27.7 Å². The van der Waals surface area contributed by atoms with Gasteiger partial charge in [-0.1, -0.05) is 60.7 Å². The summed E-state index contributed by atoms with van der Waals surface area (Å²) in [5.74, 6) is -0.557. The smallest absolute Gasteiger partial charge is 0.407 e. The van der Waals surface area contributed by atoms with E-state index in [2.05, 4.69) is 5.32 Å². The Morgan fingerprint density at radius 2 is 1.49 bits per heavy atom. The second-order valence-corrected chi connectivity index (χ2v) is 11.7. The SMILES string of the molecule is CC(C)(C)OC(=O)N[C@@H](Cc1ccccc1)[C@H](O)CN(Cc1ccccc1)S(=O)(=O)c1ccc(F)cc1. The number of carbonyl (C=O) groups is 1. The molecule has 0 bridgehead atoms. The standard InChI is InChI=1S/C28H33FN2O5S/c1-28(2,3)36-27(33)30-25(18-21-10-6-4-7-11-21)26(32)20-31(19-22-12-8-5-9-13-22)37(34,35)24-16-14-23(29)15-17-24/h4-17,25-26,32H,18-20H2,1-3H3,(H,30,33)/t25-,26+/m0/s1. The van der Waals surface area contributed by atoms with Crippen LogP contribution >= 0.6 is 0 Å². The van der Waals surface area contributed by atoms with Crippen molar-refractivity contribution in [1.82, 2.24) is 9.62 Å². The predicted octanol–water partition coefficient (Wildman–Crippen LogP) is 4.51. The Balaban J connectivity index is 1.90. The molecule has 0 aromatic heterocycles. The molecule has 0 unspecified atom stereocenters. The Hall–Kier alpha value is -3.27. The quantitative estimate of drug-likeness (QED) is 0.404. The monoisotopic (exact) mass is 528 g/mol. The van der Waals surface area contributed by atoms with Crippen LogP contribution < -0.4 is 5.32 Å². The molecular weight excluding hydrogens is 495 g/mol. The van der Waals surface area contributed by atoms with Gasteiger partial charge in [0.25, 0.3) is 0 Å². The van der Waals surface area contributed by atoms with Crippen molar-refractivity contribution < 1.29 is 27.4 Å². The molecule has 2 atom stereocenters. The third-order valence-corrected chi connectivity index (χ3v) is 7.33. The average molecular weight is 529 g/mol. The summed E-state index contributed by atoms with van der Waals surface area (Å²) in [6, 6.07) is 21.9. The Labute approximate surface area is 218 Å². The van der Waals surface area contributed by atoms with Gasteiger partial charge in [0.1, 0.15) is 11.4 Å². The molecule has 2 N–H and O–H groups in total. The second-order valence-electron chi connectivity index (χ2n) is 9.75. The first-order valence-corrected chi connectivity index (χ1v) is 13.4. The topological polar surface area (TPSA) is 95.9 Å². The fourth-order valence-electron chi connectivity index (χ4n) is 3.74.